The van der Waals surface area contributed by atoms with E-state index in [0.29, 0.717) is 12.1 Å². The number of anilines is 1. The molecule has 3 heteroatoms. The molecule has 21 heavy (non-hydrogen) atoms. The highest BCUT2D eigenvalue weighted by molar-refractivity contribution is 9.10. The molecule has 0 spiro atoms. The molecule has 1 atom stereocenters. The highest BCUT2D eigenvalue weighted by Crippen LogP contribution is 2.31. The molecule has 1 aromatic carbocycles. The standard InChI is InChI=1S/C18H31BrN2/c1-6-8-9-12-21(14(3)4)18-11-10-16(13-17(18)19)15(5)20-7-2/h10-11,13-15,20H,6-9,12H2,1-5H3. The Morgan fingerprint density at radius 2 is 1.86 bits per heavy atom. The highest BCUT2D eigenvalue weighted by atomic mass is 79.9. The van der Waals surface area contributed by atoms with Crippen LogP contribution in [0.5, 0.6) is 0 Å². The van der Waals surface area contributed by atoms with Crippen LogP contribution in [-0.2, 0) is 0 Å². The highest BCUT2D eigenvalue weighted by Gasteiger charge is 2.14. The maximum atomic E-state index is 3.78. The minimum Gasteiger partial charge on any atom is -0.368 e. The van der Waals surface area contributed by atoms with Crippen molar-refractivity contribution in [2.24, 2.45) is 0 Å². The van der Waals surface area contributed by atoms with Gasteiger partial charge in [0.2, 0.25) is 0 Å². The van der Waals surface area contributed by atoms with Crippen molar-refractivity contribution in [3.63, 3.8) is 0 Å². The topological polar surface area (TPSA) is 15.3 Å². The van der Waals surface area contributed by atoms with Gasteiger partial charge >= 0.3 is 0 Å². The summed E-state index contributed by atoms with van der Waals surface area (Å²) in [6.45, 7) is 13.3. The van der Waals surface area contributed by atoms with Crippen molar-refractivity contribution in [3.05, 3.63) is 28.2 Å². The van der Waals surface area contributed by atoms with Crippen molar-refractivity contribution >= 4 is 21.6 Å². The van der Waals surface area contributed by atoms with Crippen LogP contribution in [0.15, 0.2) is 22.7 Å². The minimum atomic E-state index is 0.396. The van der Waals surface area contributed by atoms with Gasteiger partial charge in [0.05, 0.1) is 5.69 Å². The molecule has 0 fully saturated rings. The molecule has 1 rings (SSSR count). The van der Waals surface area contributed by atoms with Gasteiger partial charge in [-0.2, -0.15) is 0 Å². The maximum Gasteiger partial charge on any atom is 0.0513 e. The molecule has 0 bridgehead atoms. The summed E-state index contributed by atoms with van der Waals surface area (Å²) in [6.07, 6.45) is 3.83. The molecule has 0 radical (unpaired) electrons. The number of hydrogen-bond donors (Lipinski definition) is 1. The van der Waals surface area contributed by atoms with Crippen LogP contribution in [0.3, 0.4) is 0 Å². The Morgan fingerprint density at radius 1 is 1.14 bits per heavy atom. The molecule has 120 valence electrons. The number of nitrogens with one attached hydrogen (secondary N) is 1. The fraction of sp³-hybridized carbons (Fsp3) is 0.667. The lowest BCUT2D eigenvalue weighted by Gasteiger charge is -2.30. The fourth-order valence-corrected chi connectivity index (χ4v) is 3.26. The van der Waals surface area contributed by atoms with Crippen molar-refractivity contribution in [3.8, 4) is 0 Å². The van der Waals surface area contributed by atoms with E-state index < -0.39 is 0 Å². The predicted molar refractivity (Wildman–Crippen MR) is 98.2 cm³/mol. The second-order valence-corrected chi connectivity index (χ2v) is 6.84. The van der Waals surface area contributed by atoms with Crippen LogP contribution in [0.25, 0.3) is 0 Å². The summed E-state index contributed by atoms with van der Waals surface area (Å²) in [4.78, 5) is 2.50. The lowest BCUT2D eigenvalue weighted by atomic mass is 10.1. The Kier molecular flexibility index (Phi) is 8.35. The summed E-state index contributed by atoms with van der Waals surface area (Å²) in [7, 11) is 0. The van der Waals surface area contributed by atoms with E-state index in [0.717, 1.165) is 13.1 Å². The van der Waals surface area contributed by atoms with Crippen molar-refractivity contribution in [2.75, 3.05) is 18.0 Å². The zero-order valence-electron chi connectivity index (χ0n) is 14.2. The van der Waals surface area contributed by atoms with Gasteiger partial charge in [0.25, 0.3) is 0 Å². The third-order valence-electron chi connectivity index (χ3n) is 3.92. The molecule has 0 saturated heterocycles. The largest absolute Gasteiger partial charge is 0.368 e. The average molecular weight is 355 g/mol. The van der Waals surface area contributed by atoms with Crippen molar-refractivity contribution < 1.29 is 0 Å². The van der Waals surface area contributed by atoms with Gasteiger partial charge in [-0.3, -0.25) is 0 Å². The lowest BCUT2D eigenvalue weighted by molar-refractivity contribution is 0.597. The Hall–Kier alpha value is -0.540. The van der Waals surface area contributed by atoms with Crippen LogP contribution in [0.2, 0.25) is 0 Å². The molecule has 1 N–H and O–H groups in total. The van der Waals surface area contributed by atoms with E-state index in [-0.39, 0.29) is 0 Å². The van der Waals surface area contributed by atoms with E-state index in [1.165, 1.54) is 35.0 Å². The molecule has 0 aromatic heterocycles. The van der Waals surface area contributed by atoms with Gasteiger partial charge in [-0.05, 0) is 67.4 Å². The molecule has 0 saturated carbocycles. The van der Waals surface area contributed by atoms with E-state index in [1.54, 1.807) is 0 Å². The number of unbranched alkanes of at least 4 members (excludes halogenated alkanes) is 2. The quantitative estimate of drug-likeness (QED) is 0.587. The van der Waals surface area contributed by atoms with Gasteiger partial charge in [0.1, 0.15) is 0 Å². The Labute approximate surface area is 139 Å². The van der Waals surface area contributed by atoms with Crippen LogP contribution >= 0.6 is 15.9 Å². The van der Waals surface area contributed by atoms with Gasteiger partial charge in [-0.25, -0.2) is 0 Å². The van der Waals surface area contributed by atoms with Gasteiger partial charge < -0.3 is 10.2 Å². The van der Waals surface area contributed by atoms with Crippen LogP contribution in [-0.4, -0.2) is 19.1 Å². The SMILES string of the molecule is CCCCCN(c1ccc(C(C)NCC)cc1Br)C(C)C. The predicted octanol–water partition coefficient (Wildman–Crippen LogP) is 5.52. The smallest absolute Gasteiger partial charge is 0.0513 e. The van der Waals surface area contributed by atoms with Gasteiger partial charge in [0, 0.05) is 23.1 Å². The molecule has 0 heterocycles. The Balaban J connectivity index is 2.89. The average Bonchev–Trinajstić information content (AvgIpc) is 2.44. The van der Waals surface area contributed by atoms with E-state index in [4.69, 9.17) is 0 Å². The van der Waals surface area contributed by atoms with E-state index >= 15 is 0 Å². The lowest BCUT2D eigenvalue weighted by Crippen LogP contribution is -2.32. The van der Waals surface area contributed by atoms with Crippen molar-refractivity contribution in [2.45, 2.75) is 66.0 Å². The molecular weight excluding hydrogens is 324 g/mol. The second kappa shape index (κ2) is 9.47. The van der Waals surface area contributed by atoms with Gasteiger partial charge in [0.15, 0.2) is 0 Å². The van der Waals surface area contributed by atoms with E-state index in [1.807, 2.05) is 0 Å². The first-order chi connectivity index (χ1) is 10.0. The molecule has 0 aliphatic heterocycles. The van der Waals surface area contributed by atoms with Crippen molar-refractivity contribution in [1.82, 2.24) is 5.32 Å². The number of benzene rings is 1. The molecule has 1 aromatic rings. The van der Waals surface area contributed by atoms with Gasteiger partial charge in [-0.15, -0.1) is 0 Å². The summed E-state index contributed by atoms with van der Waals surface area (Å²) in [5.74, 6) is 0. The second-order valence-electron chi connectivity index (χ2n) is 5.98. The van der Waals surface area contributed by atoms with Crippen LogP contribution in [0.1, 0.15) is 65.5 Å². The Bertz CT molecular complexity index is 418. The maximum absolute atomic E-state index is 3.78. The number of nitrogens with zero attached hydrogens (tertiary/aromatic N) is 1. The van der Waals surface area contributed by atoms with E-state index in [2.05, 4.69) is 79.0 Å². The molecule has 0 amide bonds. The normalized spacial score (nSPS) is 12.7. The Morgan fingerprint density at radius 3 is 2.38 bits per heavy atom. The molecule has 0 aliphatic carbocycles. The number of halogens is 1. The first kappa shape index (κ1) is 18.5. The summed E-state index contributed by atoms with van der Waals surface area (Å²) in [6, 6.07) is 7.70. The van der Waals surface area contributed by atoms with Crippen molar-refractivity contribution in [1.29, 1.82) is 0 Å². The fourth-order valence-electron chi connectivity index (χ4n) is 2.64. The van der Waals surface area contributed by atoms with E-state index in [9.17, 15) is 0 Å². The van der Waals surface area contributed by atoms with Crippen LogP contribution in [0.4, 0.5) is 5.69 Å². The summed E-state index contributed by atoms with van der Waals surface area (Å²) >= 11 is 3.78. The summed E-state index contributed by atoms with van der Waals surface area (Å²) in [5, 5.41) is 3.47. The number of rotatable bonds is 9. The molecule has 2 nitrogen and oxygen atoms in total. The summed E-state index contributed by atoms with van der Waals surface area (Å²) in [5.41, 5.74) is 2.65. The summed E-state index contributed by atoms with van der Waals surface area (Å²) < 4.78 is 1.20. The zero-order valence-corrected chi connectivity index (χ0v) is 15.8. The monoisotopic (exact) mass is 354 g/mol. The third kappa shape index (κ3) is 5.63. The molecule has 0 aliphatic rings. The van der Waals surface area contributed by atoms with Crippen LogP contribution in [0, 0.1) is 0 Å². The van der Waals surface area contributed by atoms with Gasteiger partial charge in [-0.1, -0.05) is 32.8 Å². The number of hydrogen-bond acceptors (Lipinski definition) is 2. The molecular formula is C18H31BrN2. The first-order valence-electron chi connectivity index (χ1n) is 8.30. The molecule has 1 unspecified atom stereocenters. The van der Waals surface area contributed by atoms with Crippen LogP contribution < -0.4 is 10.2 Å². The third-order valence-corrected chi connectivity index (χ3v) is 4.55. The zero-order chi connectivity index (χ0) is 15.8. The minimum absolute atomic E-state index is 0.396. The first-order valence-corrected chi connectivity index (χ1v) is 9.10.